The number of benzene rings is 2. The summed E-state index contributed by atoms with van der Waals surface area (Å²) in [6.45, 7) is 0. The fraction of sp³-hybridized carbons (Fsp3) is 0.0625. The number of thiazole rings is 1. The third-order valence-corrected chi connectivity index (χ3v) is 5.33. The van der Waals surface area contributed by atoms with Crippen LogP contribution < -0.4 is 5.32 Å². The number of anilines is 1. The quantitative estimate of drug-likeness (QED) is 0.715. The molecule has 0 saturated heterocycles. The van der Waals surface area contributed by atoms with Crippen LogP contribution in [0.5, 0.6) is 0 Å². The zero-order valence-electron chi connectivity index (χ0n) is 11.7. The summed E-state index contributed by atoms with van der Waals surface area (Å²) in [7, 11) is 0. The maximum Gasteiger partial charge on any atom is 0.238 e. The molecule has 2 aromatic carbocycles. The predicted molar refractivity (Wildman–Crippen MR) is 94.1 cm³/mol. The largest absolute Gasteiger partial charge is 0.324 e. The first-order valence-electron chi connectivity index (χ1n) is 6.65. The lowest BCUT2D eigenvalue weighted by molar-refractivity contribution is -0.115. The standard InChI is InChI=1S/C16H10ClN3OS2/c17-10-5-6-14(12(9-10)19-15(21)7-8-18)23-16-20-11-3-1-2-4-13(11)22-16/h1-6,9H,7H2,(H,19,21). The lowest BCUT2D eigenvalue weighted by atomic mass is 10.3. The van der Waals surface area contributed by atoms with Crippen molar-refractivity contribution in [2.75, 3.05) is 5.32 Å². The SMILES string of the molecule is N#CCC(=O)Nc1cc(Cl)ccc1Sc1nc2ccccc2s1. The van der Waals surface area contributed by atoms with Gasteiger partial charge >= 0.3 is 0 Å². The summed E-state index contributed by atoms with van der Waals surface area (Å²) in [5.41, 5.74) is 1.53. The predicted octanol–water partition coefficient (Wildman–Crippen LogP) is 4.95. The van der Waals surface area contributed by atoms with E-state index in [4.69, 9.17) is 16.9 Å². The number of aromatic nitrogens is 1. The lowest BCUT2D eigenvalue weighted by Gasteiger charge is -2.09. The van der Waals surface area contributed by atoms with E-state index in [0.29, 0.717) is 10.7 Å². The Balaban J connectivity index is 1.89. The molecular weight excluding hydrogens is 350 g/mol. The first kappa shape index (κ1) is 15.8. The van der Waals surface area contributed by atoms with E-state index in [1.54, 1.807) is 23.5 Å². The molecule has 7 heteroatoms. The molecule has 0 unspecified atom stereocenters. The summed E-state index contributed by atoms with van der Waals surface area (Å²) >= 11 is 9.05. The van der Waals surface area contributed by atoms with Gasteiger partial charge in [0.2, 0.25) is 5.91 Å². The van der Waals surface area contributed by atoms with Gasteiger partial charge < -0.3 is 5.32 Å². The van der Waals surface area contributed by atoms with Crippen molar-refractivity contribution >= 4 is 56.5 Å². The van der Waals surface area contributed by atoms with Crippen LogP contribution in [0.1, 0.15) is 6.42 Å². The Hall–Kier alpha value is -2.07. The molecule has 1 aromatic heterocycles. The van der Waals surface area contributed by atoms with E-state index >= 15 is 0 Å². The number of carbonyl (C=O) groups excluding carboxylic acids is 1. The van der Waals surface area contributed by atoms with E-state index < -0.39 is 0 Å². The molecule has 0 aliphatic rings. The Kier molecular flexibility index (Phi) is 4.82. The van der Waals surface area contributed by atoms with Crippen molar-refractivity contribution < 1.29 is 4.79 Å². The highest BCUT2D eigenvalue weighted by atomic mass is 35.5. The summed E-state index contributed by atoms with van der Waals surface area (Å²) in [5.74, 6) is -0.360. The molecule has 23 heavy (non-hydrogen) atoms. The highest BCUT2D eigenvalue weighted by Crippen LogP contribution is 2.38. The molecule has 0 atom stereocenters. The minimum absolute atomic E-state index is 0.197. The van der Waals surface area contributed by atoms with E-state index in [1.165, 1.54) is 11.8 Å². The molecule has 0 radical (unpaired) electrons. The smallest absolute Gasteiger partial charge is 0.238 e. The Bertz CT molecular complexity index is 884. The van der Waals surface area contributed by atoms with Crippen LogP contribution in [-0.2, 0) is 4.79 Å². The molecule has 0 fully saturated rings. The van der Waals surface area contributed by atoms with Crippen LogP contribution in [0.4, 0.5) is 5.69 Å². The van der Waals surface area contributed by atoms with Crippen LogP contribution >= 0.6 is 34.7 Å². The summed E-state index contributed by atoms with van der Waals surface area (Å²) in [6, 6.07) is 15.0. The van der Waals surface area contributed by atoms with Crippen LogP contribution in [0.3, 0.4) is 0 Å². The second-order valence-electron chi connectivity index (χ2n) is 4.57. The summed E-state index contributed by atoms with van der Waals surface area (Å²) < 4.78 is 1.99. The van der Waals surface area contributed by atoms with Crippen molar-refractivity contribution in [2.24, 2.45) is 0 Å². The van der Waals surface area contributed by atoms with Gasteiger partial charge in [-0.15, -0.1) is 11.3 Å². The minimum Gasteiger partial charge on any atom is -0.324 e. The van der Waals surface area contributed by atoms with Gasteiger partial charge in [0, 0.05) is 9.92 Å². The molecule has 0 aliphatic carbocycles. The Morgan fingerprint density at radius 1 is 1.35 bits per heavy atom. The molecule has 4 nitrogen and oxygen atoms in total. The Morgan fingerprint density at radius 3 is 2.96 bits per heavy atom. The van der Waals surface area contributed by atoms with Gasteiger partial charge in [0.25, 0.3) is 0 Å². The number of halogens is 1. The second-order valence-corrected chi connectivity index (χ2v) is 7.33. The highest BCUT2D eigenvalue weighted by molar-refractivity contribution is 8.01. The third kappa shape index (κ3) is 3.82. The number of nitrogens with one attached hydrogen (secondary N) is 1. The third-order valence-electron chi connectivity index (χ3n) is 2.93. The first-order chi connectivity index (χ1) is 11.2. The zero-order valence-corrected chi connectivity index (χ0v) is 14.1. The number of fused-ring (bicyclic) bond motifs is 1. The van der Waals surface area contributed by atoms with Crippen molar-refractivity contribution in [3.8, 4) is 6.07 Å². The number of hydrogen-bond donors (Lipinski definition) is 1. The van der Waals surface area contributed by atoms with Crippen LogP contribution in [-0.4, -0.2) is 10.9 Å². The van der Waals surface area contributed by atoms with E-state index in [9.17, 15) is 4.79 Å². The average molecular weight is 360 g/mol. The van der Waals surface area contributed by atoms with Gasteiger partial charge in [-0.2, -0.15) is 5.26 Å². The number of hydrogen-bond acceptors (Lipinski definition) is 5. The molecule has 1 heterocycles. The molecule has 0 spiro atoms. The summed E-state index contributed by atoms with van der Waals surface area (Å²) in [5, 5.41) is 11.8. The fourth-order valence-electron chi connectivity index (χ4n) is 1.94. The van der Waals surface area contributed by atoms with Crippen molar-refractivity contribution in [1.82, 2.24) is 4.98 Å². The van der Waals surface area contributed by atoms with E-state index in [2.05, 4.69) is 10.3 Å². The van der Waals surface area contributed by atoms with Gasteiger partial charge in [-0.05, 0) is 30.3 Å². The maximum atomic E-state index is 11.7. The number of amides is 1. The first-order valence-corrected chi connectivity index (χ1v) is 8.66. The summed E-state index contributed by atoms with van der Waals surface area (Å²) in [6.07, 6.45) is -0.197. The molecule has 3 aromatic rings. The fourth-order valence-corrected chi connectivity index (χ4v) is 4.21. The van der Waals surface area contributed by atoms with Crippen molar-refractivity contribution in [1.29, 1.82) is 5.26 Å². The summed E-state index contributed by atoms with van der Waals surface area (Å²) in [4.78, 5) is 17.1. The Morgan fingerprint density at radius 2 is 2.17 bits per heavy atom. The second kappa shape index (κ2) is 7.01. The minimum atomic E-state index is -0.360. The molecule has 1 N–H and O–H groups in total. The number of rotatable bonds is 4. The number of carbonyl (C=O) groups is 1. The monoisotopic (exact) mass is 359 g/mol. The van der Waals surface area contributed by atoms with Gasteiger partial charge in [-0.1, -0.05) is 35.5 Å². The van der Waals surface area contributed by atoms with Gasteiger partial charge in [-0.25, -0.2) is 4.98 Å². The van der Waals surface area contributed by atoms with Crippen LogP contribution in [0.25, 0.3) is 10.2 Å². The van der Waals surface area contributed by atoms with Crippen molar-refractivity contribution in [3.05, 3.63) is 47.5 Å². The van der Waals surface area contributed by atoms with Crippen LogP contribution in [0.2, 0.25) is 5.02 Å². The molecule has 3 rings (SSSR count). The van der Waals surface area contributed by atoms with E-state index in [0.717, 1.165) is 19.5 Å². The van der Waals surface area contributed by atoms with Crippen molar-refractivity contribution in [2.45, 2.75) is 15.7 Å². The number of nitrogens with zero attached hydrogens (tertiary/aromatic N) is 2. The van der Waals surface area contributed by atoms with Gasteiger partial charge in [0.05, 0.1) is 22.0 Å². The zero-order chi connectivity index (χ0) is 16.2. The molecule has 0 bridgehead atoms. The highest BCUT2D eigenvalue weighted by Gasteiger charge is 2.11. The molecule has 0 saturated carbocycles. The Labute approximate surface area is 146 Å². The van der Waals surface area contributed by atoms with E-state index in [-0.39, 0.29) is 12.3 Å². The number of para-hydroxylation sites is 1. The van der Waals surface area contributed by atoms with Crippen molar-refractivity contribution in [3.63, 3.8) is 0 Å². The molecular formula is C16H10ClN3OS2. The van der Waals surface area contributed by atoms with Crippen LogP contribution in [0, 0.1) is 11.3 Å². The van der Waals surface area contributed by atoms with Gasteiger partial charge in [0.15, 0.2) is 4.34 Å². The molecule has 0 aliphatic heterocycles. The topological polar surface area (TPSA) is 65.8 Å². The van der Waals surface area contributed by atoms with Gasteiger partial charge in [0.1, 0.15) is 6.42 Å². The normalized spacial score (nSPS) is 10.4. The number of nitriles is 1. The molecule has 1 amide bonds. The van der Waals surface area contributed by atoms with Gasteiger partial charge in [-0.3, -0.25) is 4.79 Å². The maximum absolute atomic E-state index is 11.7. The van der Waals surface area contributed by atoms with E-state index in [1.807, 2.05) is 36.4 Å². The average Bonchev–Trinajstić information content (AvgIpc) is 2.92. The molecule has 114 valence electrons. The lowest BCUT2D eigenvalue weighted by Crippen LogP contribution is -2.10. The van der Waals surface area contributed by atoms with Crippen LogP contribution in [0.15, 0.2) is 51.7 Å².